The van der Waals surface area contributed by atoms with Crippen molar-refractivity contribution < 1.29 is 22.3 Å². The number of rotatable bonds is 3. The number of aryl methyl sites for hydroxylation is 1. The third-order valence-corrected chi connectivity index (χ3v) is 5.89. The molecule has 0 aliphatic carbocycles. The van der Waals surface area contributed by atoms with Crippen molar-refractivity contribution in [3.8, 4) is 11.5 Å². The topological polar surface area (TPSA) is 88.6 Å². The van der Waals surface area contributed by atoms with Crippen molar-refractivity contribution in [2.75, 3.05) is 16.7 Å². The number of hydrogen-bond donors (Lipinski definition) is 1. The van der Waals surface area contributed by atoms with Crippen molar-refractivity contribution in [3.63, 3.8) is 0 Å². The van der Waals surface area contributed by atoms with Gasteiger partial charge in [-0.2, -0.15) is 0 Å². The van der Waals surface area contributed by atoms with E-state index in [2.05, 4.69) is 9.71 Å². The van der Waals surface area contributed by atoms with E-state index in [9.17, 15) is 17.6 Å². The normalized spacial score (nSPS) is 13.2. The predicted octanol–water partition coefficient (Wildman–Crippen LogP) is 3.71. The van der Waals surface area contributed by atoms with Crippen molar-refractivity contribution >= 4 is 27.4 Å². The van der Waals surface area contributed by atoms with E-state index in [4.69, 9.17) is 4.74 Å². The molecule has 1 aliphatic heterocycles. The third kappa shape index (κ3) is 3.40. The number of anilines is 2. The number of amides is 1. The molecule has 0 saturated carbocycles. The molecular weight excluding hydrogens is 397 g/mol. The van der Waals surface area contributed by atoms with E-state index >= 15 is 0 Å². The zero-order valence-corrected chi connectivity index (χ0v) is 16.3. The highest BCUT2D eigenvalue weighted by molar-refractivity contribution is 7.92. The first-order valence-electron chi connectivity index (χ1n) is 8.60. The maximum Gasteiger partial charge on any atom is 0.263 e. The molecule has 29 heavy (non-hydrogen) atoms. The summed E-state index contributed by atoms with van der Waals surface area (Å²) in [6.07, 6.45) is 1.53. The van der Waals surface area contributed by atoms with Gasteiger partial charge in [-0.3, -0.25) is 14.4 Å². The minimum atomic E-state index is -4.06. The van der Waals surface area contributed by atoms with Crippen LogP contribution in [0.25, 0.3) is 0 Å². The first-order valence-corrected chi connectivity index (χ1v) is 10.1. The molecule has 0 bridgehead atoms. The van der Waals surface area contributed by atoms with Gasteiger partial charge in [0.25, 0.3) is 15.9 Å². The Hall–Kier alpha value is -3.46. The Morgan fingerprint density at radius 1 is 1.10 bits per heavy atom. The second-order valence-electron chi connectivity index (χ2n) is 6.52. The van der Waals surface area contributed by atoms with Crippen LogP contribution in [0.1, 0.15) is 15.9 Å². The smallest absolute Gasteiger partial charge is 0.263 e. The summed E-state index contributed by atoms with van der Waals surface area (Å²) >= 11 is 0. The van der Waals surface area contributed by atoms with Crippen molar-refractivity contribution in [2.24, 2.45) is 0 Å². The lowest BCUT2D eigenvalue weighted by Crippen LogP contribution is -2.26. The number of carbonyl (C=O) groups is 1. The van der Waals surface area contributed by atoms with E-state index in [1.54, 1.807) is 19.1 Å². The van der Waals surface area contributed by atoms with Gasteiger partial charge in [-0.1, -0.05) is 6.07 Å². The number of nitrogens with zero attached hydrogens (tertiary/aromatic N) is 2. The number of halogens is 1. The van der Waals surface area contributed by atoms with Crippen LogP contribution in [-0.2, 0) is 10.0 Å². The van der Waals surface area contributed by atoms with Crippen LogP contribution in [0.4, 0.5) is 15.9 Å². The number of benzene rings is 2. The van der Waals surface area contributed by atoms with Crippen LogP contribution in [0.15, 0.2) is 59.6 Å². The summed E-state index contributed by atoms with van der Waals surface area (Å²) in [5.41, 5.74) is 0.555. The highest BCUT2D eigenvalue weighted by Crippen LogP contribution is 2.37. The minimum absolute atomic E-state index is 0.0726. The van der Waals surface area contributed by atoms with Crippen LogP contribution < -0.4 is 14.4 Å². The first kappa shape index (κ1) is 18.9. The van der Waals surface area contributed by atoms with Crippen molar-refractivity contribution in [1.29, 1.82) is 0 Å². The minimum Gasteiger partial charge on any atom is -0.453 e. The Balaban J connectivity index is 1.73. The lowest BCUT2D eigenvalue weighted by Gasteiger charge is -2.14. The van der Waals surface area contributed by atoms with Crippen molar-refractivity contribution in [3.05, 3.63) is 71.7 Å². The molecule has 3 aromatic rings. The number of fused-ring (bicyclic) bond motifs is 2. The number of carbonyl (C=O) groups excluding carboxylic acids is 1. The summed E-state index contributed by atoms with van der Waals surface area (Å²) in [7, 11) is -2.53. The summed E-state index contributed by atoms with van der Waals surface area (Å²) in [4.78, 5) is 18.2. The van der Waals surface area contributed by atoms with Crippen LogP contribution in [0.5, 0.6) is 11.5 Å². The Kier molecular flexibility index (Phi) is 4.46. The molecule has 0 atom stereocenters. The molecule has 0 saturated heterocycles. The zero-order chi connectivity index (χ0) is 20.8. The number of pyridine rings is 1. The van der Waals surface area contributed by atoms with E-state index in [1.165, 1.54) is 48.5 Å². The van der Waals surface area contributed by atoms with Crippen LogP contribution in [0, 0.1) is 12.7 Å². The van der Waals surface area contributed by atoms with Gasteiger partial charge in [0.15, 0.2) is 11.6 Å². The second kappa shape index (κ2) is 6.85. The van der Waals surface area contributed by atoms with Crippen LogP contribution in [-0.4, -0.2) is 26.4 Å². The molecule has 0 fully saturated rings. The van der Waals surface area contributed by atoms with Crippen LogP contribution >= 0.6 is 0 Å². The van der Waals surface area contributed by atoms with E-state index in [1.807, 2.05) is 0 Å². The molecule has 148 valence electrons. The quantitative estimate of drug-likeness (QED) is 0.707. The molecule has 1 amide bonds. The lowest BCUT2D eigenvalue weighted by atomic mass is 10.2. The molecule has 7 nitrogen and oxygen atoms in total. The molecule has 2 aromatic carbocycles. The maximum absolute atomic E-state index is 13.7. The fourth-order valence-electron chi connectivity index (χ4n) is 2.91. The van der Waals surface area contributed by atoms with Crippen LogP contribution in [0.2, 0.25) is 0 Å². The largest absolute Gasteiger partial charge is 0.453 e. The SMILES string of the molecule is Cc1ccc(NS(=O)(=O)c2ccc3c(c2)C(=O)N(C)c2ncccc2O3)cc1F. The fraction of sp³-hybridized carbons (Fsp3) is 0.100. The summed E-state index contributed by atoms with van der Waals surface area (Å²) < 4.78 is 47.4. The average Bonchev–Trinajstić information content (AvgIpc) is 2.79. The molecule has 1 aliphatic rings. The maximum atomic E-state index is 13.7. The third-order valence-electron chi connectivity index (χ3n) is 4.51. The zero-order valence-electron chi connectivity index (χ0n) is 15.5. The van der Waals surface area contributed by atoms with Gasteiger partial charge in [0.05, 0.1) is 16.1 Å². The summed E-state index contributed by atoms with van der Waals surface area (Å²) in [6, 6.07) is 11.3. The molecular formula is C20H16FN3O4S. The Morgan fingerprint density at radius 2 is 1.90 bits per heavy atom. The number of nitrogens with one attached hydrogen (secondary N) is 1. The van der Waals surface area contributed by atoms with Gasteiger partial charge in [-0.05, 0) is 55.0 Å². The molecule has 9 heteroatoms. The average molecular weight is 413 g/mol. The lowest BCUT2D eigenvalue weighted by molar-refractivity contribution is 0.0992. The highest BCUT2D eigenvalue weighted by Gasteiger charge is 2.28. The standard InChI is InChI=1S/C20H16FN3O4S/c1-12-5-6-13(10-16(12)21)23-29(26,27)14-7-8-17-15(11-14)20(25)24(2)19-18(28-17)4-3-9-22-19/h3-11,23H,1-2H3. The van der Waals surface area contributed by atoms with Crippen molar-refractivity contribution in [1.82, 2.24) is 4.98 Å². The molecule has 2 heterocycles. The summed E-state index contributed by atoms with van der Waals surface area (Å²) in [5, 5.41) is 0. The molecule has 0 spiro atoms. The Labute approximate surface area is 166 Å². The van der Waals surface area contributed by atoms with Gasteiger partial charge in [0, 0.05) is 13.2 Å². The summed E-state index contributed by atoms with van der Waals surface area (Å²) in [6.45, 7) is 1.58. The number of aromatic nitrogens is 1. The van der Waals surface area contributed by atoms with E-state index < -0.39 is 21.7 Å². The fourth-order valence-corrected chi connectivity index (χ4v) is 3.99. The monoisotopic (exact) mass is 413 g/mol. The molecule has 1 N–H and O–H groups in total. The van der Waals surface area contributed by atoms with Gasteiger partial charge in [-0.15, -0.1) is 0 Å². The van der Waals surface area contributed by atoms with Gasteiger partial charge in [0.1, 0.15) is 11.6 Å². The molecule has 4 rings (SSSR count). The van der Waals surface area contributed by atoms with Gasteiger partial charge in [0.2, 0.25) is 0 Å². The number of hydrogen-bond acceptors (Lipinski definition) is 5. The van der Waals surface area contributed by atoms with Crippen LogP contribution in [0.3, 0.4) is 0 Å². The Morgan fingerprint density at radius 3 is 2.66 bits per heavy atom. The number of sulfonamides is 1. The number of ether oxygens (including phenoxy) is 1. The highest BCUT2D eigenvalue weighted by atomic mass is 32.2. The second-order valence-corrected chi connectivity index (χ2v) is 8.20. The summed E-state index contributed by atoms with van der Waals surface area (Å²) in [5.74, 6) is -0.0651. The van der Waals surface area contributed by atoms with E-state index in [0.717, 1.165) is 6.07 Å². The van der Waals surface area contributed by atoms with Crippen molar-refractivity contribution in [2.45, 2.75) is 11.8 Å². The van der Waals surface area contributed by atoms with E-state index in [0.29, 0.717) is 17.1 Å². The first-order chi connectivity index (χ1) is 13.8. The van der Waals surface area contributed by atoms with Gasteiger partial charge < -0.3 is 4.74 Å². The molecule has 0 unspecified atom stereocenters. The van der Waals surface area contributed by atoms with Gasteiger partial charge in [-0.25, -0.2) is 17.8 Å². The van der Waals surface area contributed by atoms with Gasteiger partial charge >= 0.3 is 0 Å². The van der Waals surface area contributed by atoms with E-state index in [-0.39, 0.29) is 21.9 Å². The molecule has 0 radical (unpaired) electrons. The molecule has 1 aromatic heterocycles. The Bertz CT molecular complexity index is 1240. The predicted molar refractivity (Wildman–Crippen MR) is 105 cm³/mol.